The van der Waals surface area contributed by atoms with E-state index in [1.807, 2.05) is 39.0 Å². The Balaban J connectivity index is 1.81. The summed E-state index contributed by atoms with van der Waals surface area (Å²) in [4.78, 5) is 30.1. The number of aryl methyl sites for hydroxylation is 1. The molecule has 1 atom stereocenters. The molecule has 10 nitrogen and oxygen atoms in total. The van der Waals surface area contributed by atoms with Crippen LogP contribution in [0.25, 0.3) is 0 Å². The van der Waals surface area contributed by atoms with Crippen molar-refractivity contribution in [2.24, 2.45) is 26.6 Å². The number of nitrogens with one attached hydrogen (secondary N) is 2. The lowest BCUT2D eigenvalue weighted by molar-refractivity contribution is 0.0945. The number of carbonyl (C=O) groups is 1. The Morgan fingerprint density at radius 3 is 2.83 bits per heavy atom. The maximum Gasteiger partial charge on any atom is 0.251 e. The molecule has 0 aliphatic carbocycles. The van der Waals surface area contributed by atoms with Crippen LogP contribution < -0.4 is 16.4 Å². The molecule has 2 aliphatic rings. The van der Waals surface area contributed by atoms with Gasteiger partial charge in [-0.2, -0.15) is 0 Å². The molecular weight excluding hydrogens is 444 g/mol. The van der Waals surface area contributed by atoms with Gasteiger partial charge in [0.2, 0.25) is 5.96 Å². The molecule has 35 heavy (non-hydrogen) atoms. The number of hydrogen-bond acceptors (Lipinski definition) is 9. The second-order valence-electron chi connectivity index (χ2n) is 8.95. The van der Waals surface area contributed by atoms with E-state index in [-0.39, 0.29) is 5.91 Å². The Bertz CT molecular complexity index is 1050. The van der Waals surface area contributed by atoms with Crippen LogP contribution in [0.5, 0.6) is 0 Å². The molecule has 4 N–H and O–H groups in total. The molecule has 10 heteroatoms. The first-order valence-corrected chi connectivity index (χ1v) is 11.7. The number of hydrogen-bond donors (Lipinski definition) is 3. The summed E-state index contributed by atoms with van der Waals surface area (Å²) in [6.07, 6.45) is 4.02. The topological polar surface area (TPSA) is 120 Å². The second kappa shape index (κ2) is 12.3. The first-order valence-electron chi connectivity index (χ1n) is 11.7. The minimum atomic E-state index is -0.132. The van der Waals surface area contributed by atoms with Crippen LogP contribution in [-0.4, -0.2) is 87.6 Å². The highest BCUT2D eigenvalue weighted by Gasteiger charge is 2.20. The largest absolute Gasteiger partial charge is 0.383 e. The van der Waals surface area contributed by atoms with Crippen LogP contribution in [0.4, 0.5) is 5.69 Å². The standard InChI is InChI=1S/C25H36N8O2/c1-6-27-21-15-29-25(33(5)11-10-32(3)4)31-22(21)23(26)30-20-13-19(8-7-17(20)2)24(34)28-14-18-9-12-35-16-18/h6-8,13,15,18,30H,1,9-12,14,16,26H2,2-5H3,(H,28,34)/b23-22-,27-21-. The van der Waals surface area contributed by atoms with Crippen molar-refractivity contribution in [2.45, 2.75) is 13.3 Å². The lowest BCUT2D eigenvalue weighted by Crippen LogP contribution is -2.35. The van der Waals surface area contributed by atoms with Gasteiger partial charge in [0.05, 0.1) is 12.8 Å². The quantitative estimate of drug-likeness (QED) is 0.496. The average molecular weight is 481 g/mol. The number of allylic oxidation sites excluding steroid dienone is 1. The lowest BCUT2D eigenvalue weighted by Gasteiger charge is -2.23. The number of ether oxygens (including phenoxy) is 1. The highest BCUT2D eigenvalue weighted by molar-refractivity contribution is 6.41. The number of nitrogens with two attached hydrogens (primary N) is 1. The molecule has 0 saturated carbocycles. The van der Waals surface area contributed by atoms with Crippen LogP contribution in [-0.2, 0) is 4.74 Å². The second-order valence-corrected chi connectivity index (χ2v) is 8.95. The average Bonchev–Trinajstić information content (AvgIpc) is 3.36. The first-order chi connectivity index (χ1) is 16.8. The molecule has 1 saturated heterocycles. The molecule has 0 spiro atoms. The molecule has 0 aromatic heterocycles. The molecule has 3 rings (SSSR count). The van der Waals surface area contributed by atoms with Gasteiger partial charge in [-0.1, -0.05) is 12.6 Å². The van der Waals surface area contributed by atoms with Gasteiger partial charge in [-0.25, -0.2) is 9.98 Å². The van der Waals surface area contributed by atoms with Crippen molar-refractivity contribution in [1.29, 1.82) is 0 Å². The van der Waals surface area contributed by atoms with E-state index in [2.05, 4.69) is 37.1 Å². The molecule has 188 valence electrons. The van der Waals surface area contributed by atoms with Gasteiger partial charge in [-0.05, 0) is 45.1 Å². The zero-order valence-corrected chi connectivity index (χ0v) is 21.0. The number of amides is 1. The van der Waals surface area contributed by atoms with E-state index in [9.17, 15) is 4.79 Å². The van der Waals surface area contributed by atoms with Gasteiger partial charge in [0.15, 0.2) is 0 Å². The molecule has 1 unspecified atom stereocenters. The zero-order valence-electron chi connectivity index (χ0n) is 21.0. The van der Waals surface area contributed by atoms with Crippen molar-refractivity contribution in [3.05, 3.63) is 53.6 Å². The minimum Gasteiger partial charge on any atom is -0.383 e. The third kappa shape index (κ3) is 7.24. The normalized spacial score (nSPS) is 20.1. The molecule has 1 fully saturated rings. The number of rotatable bonds is 9. The van der Waals surface area contributed by atoms with Gasteiger partial charge in [0, 0.05) is 56.7 Å². The van der Waals surface area contributed by atoms with Crippen molar-refractivity contribution in [3.8, 4) is 0 Å². The Hall–Kier alpha value is -3.50. The van der Waals surface area contributed by atoms with Crippen LogP contribution in [0.3, 0.4) is 0 Å². The molecule has 2 aliphatic heterocycles. The van der Waals surface area contributed by atoms with Gasteiger partial charge < -0.3 is 30.9 Å². The third-order valence-corrected chi connectivity index (χ3v) is 5.81. The Labute approximate surface area is 207 Å². The summed E-state index contributed by atoms with van der Waals surface area (Å²) >= 11 is 0. The van der Waals surface area contributed by atoms with Crippen LogP contribution in [0, 0.1) is 12.8 Å². The Kier molecular flexibility index (Phi) is 9.16. The summed E-state index contributed by atoms with van der Waals surface area (Å²) in [5.41, 5.74) is 9.63. The smallest absolute Gasteiger partial charge is 0.251 e. The molecule has 1 aromatic carbocycles. The van der Waals surface area contributed by atoms with E-state index in [0.717, 1.165) is 31.7 Å². The monoisotopic (exact) mass is 480 g/mol. The number of carbonyl (C=O) groups excluding carboxylic acids is 1. The van der Waals surface area contributed by atoms with E-state index < -0.39 is 0 Å². The fraction of sp³-hybridized carbons (Fsp3) is 0.440. The summed E-state index contributed by atoms with van der Waals surface area (Å²) in [6.45, 7) is 9.27. The minimum absolute atomic E-state index is 0.132. The Morgan fingerprint density at radius 2 is 2.14 bits per heavy atom. The molecule has 0 bridgehead atoms. The predicted molar refractivity (Wildman–Crippen MR) is 142 cm³/mol. The summed E-state index contributed by atoms with van der Waals surface area (Å²) in [5.74, 6) is 1.07. The molecule has 1 aromatic rings. The van der Waals surface area contributed by atoms with Crippen LogP contribution >= 0.6 is 0 Å². The maximum atomic E-state index is 12.7. The van der Waals surface area contributed by atoms with Crippen molar-refractivity contribution < 1.29 is 9.53 Å². The fourth-order valence-electron chi connectivity index (χ4n) is 3.58. The zero-order chi connectivity index (χ0) is 25.4. The third-order valence-electron chi connectivity index (χ3n) is 5.81. The van der Waals surface area contributed by atoms with Crippen molar-refractivity contribution in [2.75, 3.05) is 59.3 Å². The molecule has 0 radical (unpaired) electrons. The van der Waals surface area contributed by atoms with Gasteiger partial charge in [-0.3, -0.25) is 9.79 Å². The maximum absolute atomic E-state index is 12.7. The van der Waals surface area contributed by atoms with Gasteiger partial charge in [0.25, 0.3) is 5.91 Å². The van der Waals surface area contributed by atoms with Crippen molar-refractivity contribution in [1.82, 2.24) is 15.1 Å². The summed E-state index contributed by atoms with van der Waals surface area (Å²) in [7, 11) is 5.96. The fourth-order valence-corrected chi connectivity index (χ4v) is 3.58. The number of benzene rings is 1. The van der Waals surface area contributed by atoms with Gasteiger partial charge in [0.1, 0.15) is 17.2 Å². The lowest BCUT2D eigenvalue weighted by atomic mass is 10.1. The number of likely N-dealkylation sites (N-methyl/N-ethyl adjacent to an activating group) is 2. The van der Waals surface area contributed by atoms with E-state index in [0.29, 0.717) is 53.5 Å². The first kappa shape index (κ1) is 26.1. The van der Waals surface area contributed by atoms with Crippen LogP contribution in [0.1, 0.15) is 22.3 Å². The molecule has 2 heterocycles. The van der Waals surface area contributed by atoms with Crippen LogP contribution in [0.15, 0.2) is 57.5 Å². The SMILES string of the molecule is C=C/N=C1/C=NC(N(C)CCN(C)C)=N/C1=C(/N)Nc1cc(C(=O)NCC2CCOC2)ccc1C. The summed E-state index contributed by atoms with van der Waals surface area (Å²) < 4.78 is 5.38. The predicted octanol–water partition coefficient (Wildman–Crippen LogP) is 1.82. The highest BCUT2D eigenvalue weighted by atomic mass is 16.5. The van der Waals surface area contributed by atoms with Gasteiger partial charge in [-0.15, -0.1) is 0 Å². The van der Waals surface area contributed by atoms with E-state index in [4.69, 9.17) is 10.5 Å². The Morgan fingerprint density at radius 1 is 1.34 bits per heavy atom. The summed E-state index contributed by atoms with van der Waals surface area (Å²) in [6, 6.07) is 5.48. The molecular formula is C25H36N8O2. The van der Waals surface area contributed by atoms with E-state index in [1.54, 1.807) is 18.3 Å². The van der Waals surface area contributed by atoms with Crippen molar-refractivity contribution in [3.63, 3.8) is 0 Å². The van der Waals surface area contributed by atoms with Gasteiger partial charge >= 0.3 is 0 Å². The van der Waals surface area contributed by atoms with E-state index >= 15 is 0 Å². The number of anilines is 1. The van der Waals surface area contributed by atoms with E-state index in [1.165, 1.54) is 6.20 Å². The molecule has 1 amide bonds. The van der Waals surface area contributed by atoms with Crippen LogP contribution in [0.2, 0.25) is 0 Å². The van der Waals surface area contributed by atoms with Crippen molar-refractivity contribution >= 4 is 29.5 Å². The highest BCUT2D eigenvalue weighted by Crippen LogP contribution is 2.21. The number of guanidine groups is 1. The summed E-state index contributed by atoms with van der Waals surface area (Å²) in [5, 5.41) is 6.22. The number of aliphatic imine (C=N–C) groups is 3. The number of nitrogens with zero attached hydrogens (tertiary/aromatic N) is 5.